The molecule has 2 rings (SSSR count). The second kappa shape index (κ2) is 5.58. The third-order valence-electron chi connectivity index (χ3n) is 3.62. The first-order valence-corrected chi connectivity index (χ1v) is 6.76. The number of hydrogen-bond acceptors (Lipinski definition) is 3. The summed E-state index contributed by atoms with van der Waals surface area (Å²) in [5.74, 6) is 1.50. The van der Waals surface area contributed by atoms with E-state index in [9.17, 15) is 0 Å². The molecule has 1 fully saturated rings. The van der Waals surface area contributed by atoms with Crippen molar-refractivity contribution in [3.8, 4) is 0 Å². The zero-order valence-corrected chi connectivity index (χ0v) is 11.0. The van der Waals surface area contributed by atoms with Crippen LogP contribution in [-0.4, -0.2) is 11.0 Å². The van der Waals surface area contributed by atoms with Gasteiger partial charge in [-0.2, -0.15) is 0 Å². The largest absolute Gasteiger partial charge is 0.397 e. The van der Waals surface area contributed by atoms with Crippen molar-refractivity contribution in [2.24, 2.45) is 5.92 Å². The molecule has 0 aromatic carbocycles. The Labute approximate surface area is 108 Å². The van der Waals surface area contributed by atoms with E-state index in [0.717, 1.165) is 11.7 Å². The molecule has 0 saturated heterocycles. The summed E-state index contributed by atoms with van der Waals surface area (Å²) in [6.45, 7) is 2.25. The van der Waals surface area contributed by atoms with E-state index >= 15 is 0 Å². The molecule has 1 aromatic rings. The molecule has 1 aliphatic rings. The van der Waals surface area contributed by atoms with Crippen LogP contribution in [0.25, 0.3) is 0 Å². The van der Waals surface area contributed by atoms with E-state index in [2.05, 4.69) is 17.2 Å². The normalized spacial score (nSPS) is 24.6. The Morgan fingerprint density at radius 3 is 2.94 bits per heavy atom. The molecule has 0 aliphatic heterocycles. The summed E-state index contributed by atoms with van der Waals surface area (Å²) in [5.41, 5.74) is 6.25. The highest BCUT2D eigenvalue weighted by molar-refractivity contribution is 6.33. The highest BCUT2D eigenvalue weighted by atomic mass is 35.5. The van der Waals surface area contributed by atoms with Crippen LogP contribution < -0.4 is 11.1 Å². The molecular formula is C13H20ClN3. The quantitative estimate of drug-likeness (QED) is 0.864. The van der Waals surface area contributed by atoms with Crippen LogP contribution in [0.3, 0.4) is 0 Å². The lowest BCUT2D eigenvalue weighted by atomic mass is 9.83. The predicted octanol–water partition coefficient (Wildman–Crippen LogP) is 3.70. The van der Waals surface area contributed by atoms with E-state index in [1.54, 1.807) is 12.3 Å². The molecule has 0 amide bonds. The Balaban J connectivity index is 2.08. The number of pyridine rings is 1. The van der Waals surface area contributed by atoms with E-state index in [1.165, 1.54) is 32.1 Å². The van der Waals surface area contributed by atoms with Crippen molar-refractivity contribution in [2.45, 2.75) is 45.1 Å². The standard InChI is InChI=1S/C13H20ClN3/c1-2-9-5-3-4-6-12(9)17-13-11(14)7-10(15)8-16-13/h7-9,12H,2-6,15H2,1H3,(H,16,17). The minimum atomic E-state index is 0.502. The molecule has 3 nitrogen and oxygen atoms in total. The van der Waals surface area contributed by atoms with Crippen LogP contribution in [-0.2, 0) is 0 Å². The number of nitrogens with one attached hydrogen (secondary N) is 1. The molecule has 2 unspecified atom stereocenters. The van der Waals surface area contributed by atoms with Crippen molar-refractivity contribution < 1.29 is 0 Å². The van der Waals surface area contributed by atoms with Crippen molar-refractivity contribution in [2.75, 3.05) is 11.1 Å². The summed E-state index contributed by atoms with van der Waals surface area (Å²) in [5, 5.41) is 4.09. The molecule has 0 spiro atoms. The van der Waals surface area contributed by atoms with E-state index in [0.29, 0.717) is 16.8 Å². The summed E-state index contributed by atoms with van der Waals surface area (Å²) in [6, 6.07) is 2.25. The lowest BCUT2D eigenvalue weighted by molar-refractivity contribution is 0.317. The van der Waals surface area contributed by atoms with Gasteiger partial charge in [0.05, 0.1) is 16.9 Å². The number of nitrogen functional groups attached to an aromatic ring is 1. The number of halogens is 1. The fourth-order valence-electron chi connectivity index (χ4n) is 2.62. The van der Waals surface area contributed by atoms with Gasteiger partial charge in [0.25, 0.3) is 0 Å². The first-order chi connectivity index (χ1) is 8.20. The van der Waals surface area contributed by atoms with Gasteiger partial charge >= 0.3 is 0 Å². The second-order valence-corrected chi connectivity index (χ2v) is 5.21. The summed E-state index contributed by atoms with van der Waals surface area (Å²) in [4.78, 5) is 4.27. The van der Waals surface area contributed by atoms with Crippen LogP contribution in [0.5, 0.6) is 0 Å². The van der Waals surface area contributed by atoms with E-state index in [4.69, 9.17) is 17.3 Å². The fraction of sp³-hybridized carbons (Fsp3) is 0.615. The van der Waals surface area contributed by atoms with Crippen molar-refractivity contribution in [3.05, 3.63) is 17.3 Å². The van der Waals surface area contributed by atoms with Crippen LogP contribution in [0.2, 0.25) is 5.02 Å². The predicted molar refractivity (Wildman–Crippen MR) is 73.3 cm³/mol. The minimum absolute atomic E-state index is 0.502. The average molecular weight is 254 g/mol. The van der Waals surface area contributed by atoms with Crippen LogP contribution in [0.4, 0.5) is 11.5 Å². The molecule has 3 N–H and O–H groups in total. The second-order valence-electron chi connectivity index (χ2n) is 4.80. The van der Waals surface area contributed by atoms with E-state index in [-0.39, 0.29) is 0 Å². The Morgan fingerprint density at radius 1 is 1.47 bits per heavy atom. The van der Waals surface area contributed by atoms with Crippen molar-refractivity contribution in [1.29, 1.82) is 0 Å². The van der Waals surface area contributed by atoms with E-state index < -0.39 is 0 Å². The average Bonchev–Trinajstić information content (AvgIpc) is 2.33. The number of rotatable bonds is 3. The molecule has 17 heavy (non-hydrogen) atoms. The van der Waals surface area contributed by atoms with Gasteiger partial charge in [-0.3, -0.25) is 0 Å². The molecule has 2 atom stereocenters. The van der Waals surface area contributed by atoms with Gasteiger partial charge in [0.15, 0.2) is 0 Å². The highest BCUT2D eigenvalue weighted by Crippen LogP contribution is 2.31. The zero-order chi connectivity index (χ0) is 12.3. The summed E-state index contributed by atoms with van der Waals surface area (Å²) < 4.78 is 0. The zero-order valence-electron chi connectivity index (χ0n) is 10.2. The third-order valence-corrected chi connectivity index (χ3v) is 3.91. The smallest absolute Gasteiger partial charge is 0.145 e. The van der Waals surface area contributed by atoms with Gasteiger partial charge in [-0.05, 0) is 24.8 Å². The van der Waals surface area contributed by atoms with Crippen LogP contribution in [0, 0.1) is 5.92 Å². The maximum absolute atomic E-state index is 6.13. The Bertz CT molecular complexity index is 381. The first-order valence-electron chi connectivity index (χ1n) is 6.38. The van der Waals surface area contributed by atoms with Gasteiger partial charge in [0.2, 0.25) is 0 Å². The number of aromatic nitrogens is 1. The van der Waals surface area contributed by atoms with Gasteiger partial charge in [0.1, 0.15) is 5.82 Å². The molecule has 0 bridgehead atoms. The molecule has 4 heteroatoms. The highest BCUT2D eigenvalue weighted by Gasteiger charge is 2.24. The number of nitrogens with zero attached hydrogens (tertiary/aromatic N) is 1. The van der Waals surface area contributed by atoms with Gasteiger partial charge in [-0.15, -0.1) is 0 Å². The molecule has 1 aromatic heterocycles. The SMILES string of the molecule is CCC1CCCCC1Nc1ncc(N)cc1Cl. The molecule has 94 valence electrons. The number of nitrogens with two attached hydrogens (primary N) is 1. The number of anilines is 2. The van der Waals surface area contributed by atoms with Crippen molar-refractivity contribution >= 4 is 23.1 Å². The summed E-state index contributed by atoms with van der Waals surface area (Å²) in [7, 11) is 0. The third kappa shape index (κ3) is 3.03. The van der Waals surface area contributed by atoms with Gasteiger partial charge in [-0.1, -0.05) is 37.8 Å². The van der Waals surface area contributed by atoms with Crippen molar-refractivity contribution in [3.63, 3.8) is 0 Å². The molecule has 1 heterocycles. The Kier molecular flexibility index (Phi) is 4.11. The van der Waals surface area contributed by atoms with Gasteiger partial charge in [-0.25, -0.2) is 4.98 Å². The minimum Gasteiger partial charge on any atom is -0.397 e. The van der Waals surface area contributed by atoms with Crippen LogP contribution in [0.1, 0.15) is 39.0 Å². The topological polar surface area (TPSA) is 50.9 Å². The summed E-state index contributed by atoms with van der Waals surface area (Å²) >= 11 is 6.13. The molecule has 1 aliphatic carbocycles. The van der Waals surface area contributed by atoms with E-state index in [1.807, 2.05) is 0 Å². The Hall–Kier alpha value is -0.960. The Morgan fingerprint density at radius 2 is 2.24 bits per heavy atom. The van der Waals surface area contributed by atoms with Crippen LogP contribution >= 0.6 is 11.6 Å². The lowest BCUT2D eigenvalue weighted by Gasteiger charge is -2.32. The number of hydrogen-bond donors (Lipinski definition) is 2. The first kappa shape index (κ1) is 12.5. The maximum Gasteiger partial charge on any atom is 0.145 e. The monoisotopic (exact) mass is 253 g/mol. The van der Waals surface area contributed by atoms with Crippen molar-refractivity contribution in [1.82, 2.24) is 4.98 Å². The molecular weight excluding hydrogens is 234 g/mol. The lowest BCUT2D eigenvalue weighted by Crippen LogP contribution is -2.32. The molecule has 0 radical (unpaired) electrons. The summed E-state index contributed by atoms with van der Waals surface area (Å²) in [6.07, 6.45) is 8.02. The maximum atomic E-state index is 6.13. The van der Waals surface area contributed by atoms with Gasteiger partial charge in [0, 0.05) is 6.04 Å². The molecule has 1 saturated carbocycles. The van der Waals surface area contributed by atoms with Crippen LogP contribution in [0.15, 0.2) is 12.3 Å². The van der Waals surface area contributed by atoms with Gasteiger partial charge < -0.3 is 11.1 Å². The fourth-order valence-corrected chi connectivity index (χ4v) is 2.85.